The molecule has 0 bridgehead atoms. The number of carbonyl (C=O) groups is 1. The van der Waals surface area contributed by atoms with E-state index in [0.717, 1.165) is 11.1 Å². The Morgan fingerprint density at radius 2 is 1.54 bits per heavy atom. The highest BCUT2D eigenvalue weighted by atomic mass is 16.5. The lowest BCUT2D eigenvalue weighted by atomic mass is 10.1. The van der Waals surface area contributed by atoms with Crippen LogP contribution >= 0.6 is 0 Å². The number of ketones is 1. The summed E-state index contributed by atoms with van der Waals surface area (Å²) < 4.78 is 15.4. The van der Waals surface area contributed by atoms with E-state index < -0.39 is 6.10 Å². The van der Waals surface area contributed by atoms with Gasteiger partial charge in [0.05, 0.1) is 27.4 Å². The smallest absolute Gasteiger partial charge is 0.161 e. The van der Waals surface area contributed by atoms with Gasteiger partial charge >= 0.3 is 0 Å². The summed E-state index contributed by atoms with van der Waals surface area (Å²) in [6.45, 7) is 0. The van der Waals surface area contributed by atoms with Crippen molar-refractivity contribution in [2.75, 3.05) is 21.3 Å². The van der Waals surface area contributed by atoms with Gasteiger partial charge in [0.15, 0.2) is 28.8 Å². The number of carbonyl (C=O) groups excluding carboxylic acids is 1. The molecule has 6 nitrogen and oxygen atoms in total. The molecule has 0 radical (unpaired) electrons. The average molecular weight is 384 g/mol. The molecule has 0 aliphatic carbocycles. The van der Waals surface area contributed by atoms with Crippen LogP contribution in [-0.4, -0.2) is 43.4 Å². The highest BCUT2D eigenvalue weighted by Gasteiger charge is 2.07. The first-order valence-electron chi connectivity index (χ1n) is 8.63. The van der Waals surface area contributed by atoms with E-state index in [1.54, 1.807) is 56.7 Å². The predicted octanol–water partition coefficient (Wildman–Crippen LogP) is 3.46. The molecule has 0 saturated heterocycles. The van der Waals surface area contributed by atoms with Crippen LogP contribution in [0, 0.1) is 0 Å². The van der Waals surface area contributed by atoms with Crippen molar-refractivity contribution in [1.82, 2.24) is 0 Å². The number of rotatable bonds is 9. The van der Waals surface area contributed by atoms with Crippen LogP contribution < -0.4 is 14.2 Å². The molecule has 0 fully saturated rings. The fraction of sp³-hybridized carbons (Fsp3) is 0.227. The molecular formula is C22H24O6. The summed E-state index contributed by atoms with van der Waals surface area (Å²) in [6.07, 6.45) is 5.29. The lowest BCUT2D eigenvalue weighted by Crippen LogP contribution is -2.08. The zero-order valence-electron chi connectivity index (χ0n) is 16.1. The van der Waals surface area contributed by atoms with Gasteiger partial charge in [-0.3, -0.25) is 4.79 Å². The van der Waals surface area contributed by atoms with E-state index in [2.05, 4.69) is 0 Å². The van der Waals surface area contributed by atoms with Crippen molar-refractivity contribution in [3.05, 3.63) is 59.7 Å². The number of aliphatic hydroxyl groups is 1. The number of hydrogen-bond acceptors (Lipinski definition) is 6. The molecule has 6 heteroatoms. The molecule has 0 aromatic heterocycles. The quantitative estimate of drug-likeness (QED) is 0.644. The predicted molar refractivity (Wildman–Crippen MR) is 108 cm³/mol. The van der Waals surface area contributed by atoms with Crippen molar-refractivity contribution in [3.63, 3.8) is 0 Å². The summed E-state index contributed by atoms with van der Waals surface area (Å²) in [7, 11) is 4.56. The minimum Gasteiger partial charge on any atom is -0.504 e. The van der Waals surface area contributed by atoms with Crippen molar-refractivity contribution in [2.24, 2.45) is 0 Å². The summed E-state index contributed by atoms with van der Waals surface area (Å²) >= 11 is 0. The standard InChI is InChI=1S/C22H24O6/c1-26-20-11-7-16(13-22(20)28-3)5-9-18(24)14-17(23)8-4-15-6-10-19(25)21(12-15)27-2/h4-13,17,23,25H,14H2,1-3H3. The van der Waals surface area contributed by atoms with E-state index in [0.29, 0.717) is 17.2 Å². The van der Waals surface area contributed by atoms with Crippen LogP contribution in [-0.2, 0) is 4.79 Å². The summed E-state index contributed by atoms with van der Waals surface area (Å²) in [5.74, 6) is 1.35. The highest BCUT2D eigenvalue weighted by molar-refractivity contribution is 5.94. The normalized spacial score (nSPS) is 12.3. The number of aliphatic hydroxyl groups excluding tert-OH is 1. The van der Waals surface area contributed by atoms with Crippen molar-refractivity contribution in [1.29, 1.82) is 0 Å². The Hall–Kier alpha value is -3.25. The van der Waals surface area contributed by atoms with Gasteiger partial charge in [-0.2, -0.15) is 0 Å². The molecule has 2 rings (SSSR count). The third kappa shape index (κ3) is 5.89. The number of aromatic hydroxyl groups is 1. The molecule has 1 atom stereocenters. The zero-order valence-corrected chi connectivity index (χ0v) is 16.1. The highest BCUT2D eigenvalue weighted by Crippen LogP contribution is 2.28. The number of ether oxygens (including phenoxy) is 3. The Morgan fingerprint density at radius 1 is 0.929 bits per heavy atom. The maximum Gasteiger partial charge on any atom is 0.161 e. The van der Waals surface area contributed by atoms with E-state index >= 15 is 0 Å². The van der Waals surface area contributed by atoms with Crippen molar-refractivity contribution < 1.29 is 29.2 Å². The van der Waals surface area contributed by atoms with Gasteiger partial charge in [-0.25, -0.2) is 0 Å². The lowest BCUT2D eigenvalue weighted by Gasteiger charge is -2.07. The molecule has 28 heavy (non-hydrogen) atoms. The van der Waals surface area contributed by atoms with Gasteiger partial charge in [0.25, 0.3) is 0 Å². The first-order valence-corrected chi connectivity index (χ1v) is 8.63. The fourth-order valence-corrected chi connectivity index (χ4v) is 2.51. The van der Waals surface area contributed by atoms with Gasteiger partial charge in [0.2, 0.25) is 0 Å². The van der Waals surface area contributed by atoms with Crippen LogP contribution in [0.15, 0.2) is 48.6 Å². The second kappa shape index (κ2) is 10.2. The van der Waals surface area contributed by atoms with E-state index in [1.807, 2.05) is 0 Å². The molecule has 0 aliphatic rings. The lowest BCUT2D eigenvalue weighted by molar-refractivity contribution is -0.115. The molecule has 148 valence electrons. The number of allylic oxidation sites excluding steroid dienone is 1. The summed E-state index contributed by atoms with van der Waals surface area (Å²) in [6, 6.07) is 10.1. The van der Waals surface area contributed by atoms with Gasteiger partial charge in [-0.15, -0.1) is 0 Å². The first-order chi connectivity index (χ1) is 13.5. The van der Waals surface area contributed by atoms with Crippen LogP contribution in [0.4, 0.5) is 0 Å². The Balaban J connectivity index is 1.96. The summed E-state index contributed by atoms with van der Waals surface area (Å²) in [5, 5.41) is 19.6. The minimum absolute atomic E-state index is 0.0377. The van der Waals surface area contributed by atoms with Gasteiger partial charge < -0.3 is 24.4 Å². The van der Waals surface area contributed by atoms with E-state index in [-0.39, 0.29) is 18.0 Å². The fourth-order valence-electron chi connectivity index (χ4n) is 2.51. The van der Waals surface area contributed by atoms with Crippen molar-refractivity contribution in [2.45, 2.75) is 12.5 Å². The molecule has 0 aliphatic heterocycles. The maximum atomic E-state index is 12.1. The Bertz CT molecular complexity index is 869. The van der Waals surface area contributed by atoms with Crippen LogP contribution in [0.5, 0.6) is 23.0 Å². The molecular weight excluding hydrogens is 360 g/mol. The van der Waals surface area contributed by atoms with Crippen LogP contribution in [0.25, 0.3) is 12.2 Å². The average Bonchev–Trinajstić information content (AvgIpc) is 2.71. The first kappa shape index (κ1) is 21.1. The number of phenolic OH excluding ortho intramolecular Hbond substituents is 1. The molecule has 0 heterocycles. The van der Waals surface area contributed by atoms with Crippen LogP contribution in [0.1, 0.15) is 17.5 Å². The van der Waals surface area contributed by atoms with Crippen molar-refractivity contribution >= 4 is 17.9 Å². The van der Waals surface area contributed by atoms with Gasteiger partial charge in [0, 0.05) is 6.42 Å². The topological polar surface area (TPSA) is 85.2 Å². The second-order valence-corrected chi connectivity index (χ2v) is 5.98. The largest absolute Gasteiger partial charge is 0.504 e. The number of methoxy groups -OCH3 is 3. The molecule has 2 aromatic carbocycles. The van der Waals surface area contributed by atoms with Gasteiger partial charge in [0.1, 0.15) is 0 Å². The Morgan fingerprint density at radius 3 is 2.21 bits per heavy atom. The van der Waals surface area contributed by atoms with E-state index in [9.17, 15) is 15.0 Å². The molecule has 0 spiro atoms. The van der Waals surface area contributed by atoms with E-state index in [4.69, 9.17) is 14.2 Å². The minimum atomic E-state index is -0.928. The number of phenols is 1. The van der Waals surface area contributed by atoms with Gasteiger partial charge in [-0.1, -0.05) is 30.4 Å². The monoisotopic (exact) mass is 384 g/mol. The molecule has 2 N–H and O–H groups in total. The maximum absolute atomic E-state index is 12.1. The number of benzene rings is 2. The third-order valence-electron chi connectivity index (χ3n) is 3.99. The molecule has 2 aromatic rings. The third-order valence-corrected chi connectivity index (χ3v) is 3.99. The van der Waals surface area contributed by atoms with Crippen molar-refractivity contribution in [3.8, 4) is 23.0 Å². The SMILES string of the molecule is COc1cc(C=CC(O)CC(=O)C=Cc2ccc(OC)c(OC)c2)ccc1O. The molecule has 0 amide bonds. The summed E-state index contributed by atoms with van der Waals surface area (Å²) in [5.41, 5.74) is 1.52. The molecule has 1 unspecified atom stereocenters. The molecule has 0 saturated carbocycles. The van der Waals surface area contributed by atoms with E-state index in [1.165, 1.54) is 25.3 Å². The zero-order chi connectivity index (χ0) is 20.5. The van der Waals surface area contributed by atoms with Crippen LogP contribution in [0.3, 0.4) is 0 Å². The Labute approximate surface area is 164 Å². The number of hydrogen-bond donors (Lipinski definition) is 2. The summed E-state index contributed by atoms with van der Waals surface area (Å²) in [4.78, 5) is 12.1. The van der Waals surface area contributed by atoms with Crippen LogP contribution in [0.2, 0.25) is 0 Å². The Kier molecular flexibility index (Phi) is 7.65. The second-order valence-electron chi connectivity index (χ2n) is 5.98. The van der Waals surface area contributed by atoms with Gasteiger partial charge in [-0.05, 0) is 41.5 Å².